The molecule has 0 unspecified atom stereocenters. The Balaban J connectivity index is 2.54. The van der Waals surface area contributed by atoms with E-state index >= 15 is 0 Å². The van der Waals surface area contributed by atoms with Crippen LogP contribution in [0, 0.1) is 0 Å². The molecule has 7 nitrogen and oxygen atoms in total. The summed E-state index contributed by atoms with van der Waals surface area (Å²) < 4.78 is 10.2. The number of carbonyl (C=O) groups excluding carboxylic acids is 3. The number of rotatable bonds is 12. The third-order valence-electron chi connectivity index (χ3n) is 4.43. The first-order chi connectivity index (χ1) is 14.4. The fraction of sp³-hybridized carbons (Fsp3) is 0.435. The zero-order chi connectivity index (χ0) is 22.4. The van der Waals surface area contributed by atoms with Crippen molar-refractivity contribution in [3.63, 3.8) is 0 Å². The molecule has 0 bridgehead atoms. The number of methoxy groups -OCH3 is 1. The predicted molar refractivity (Wildman–Crippen MR) is 117 cm³/mol. The van der Waals surface area contributed by atoms with Crippen LogP contribution in [0.25, 0.3) is 6.08 Å². The van der Waals surface area contributed by atoms with E-state index in [2.05, 4.69) is 10.6 Å². The summed E-state index contributed by atoms with van der Waals surface area (Å²) in [6, 6.07) is 6.53. The summed E-state index contributed by atoms with van der Waals surface area (Å²) in [5.74, 6) is -0.203. The molecule has 0 fully saturated rings. The average Bonchev–Trinajstić information content (AvgIpc) is 2.76. The average molecular weight is 417 g/mol. The number of allylic oxidation sites excluding steroid dienone is 1. The molecule has 1 atom stereocenters. The van der Waals surface area contributed by atoms with Gasteiger partial charge in [-0.05, 0) is 63.8 Å². The molecule has 2 N–H and O–H groups in total. The highest BCUT2D eigenvalue weighted by molar-refractivity contribution is 5.94. The summed E-state index contributed by atoms with van der Waals surface area (Å²) in [6.07, 6.45) is 6.57. The van der Waals surface area contributed by atoms with Gasteiger partial charge in [-0.15, -0.1) is 0 Å². The first-order valence-corrected chi connectivity index (χ1v) is 10.1. The van der Waals surface area contributed by atoms with Gasteiger partial charge in [0.25, 0.3) is 0 Å². The first kappa shape index (κ1) is 24.9. The lowest BCUT2D eigenvalue weighted by atomic mass is 10.1. The first-order valence-electron chi connectivity index (χ1n) is 10.1. The highest BCUT2D eigenvalue weighted by Gasteiger charge is 2.20. The zero-order valence-corrected chi connectivity index (χ0v) is 18.2. The molecule has 0 saturated carbocycles. The number of hydrogen-bond acceptors (Lipinski definition) is 5. The summed E-state index contributed by atoms with van der Waals surface area (Å²) >= 11 is 0. The maximum absolute atomic E-state index is 12.3. The lowest BCUT2D eigenvalue weighted by Crippen LogP contribution is -2.41. The molecule has 0 aliphatic carbocycles. The standard InChI is InChI=1S/C23H32N2O5/c1-5-17(3)22(27)24-16-8-7-9-20(23(28)30-6-2)25-21(26)15-12-18-10-13-19(29-4)14-11-18/h5,10-15,20H,6-9,16H2,1-4H3,(H,24,27)(H,25,26)/b15-12+,17-5+/t20-/m0/s1. The molecule has 164 valence electrons. The van der Waals surface area contributed by atoms with Crippen molar-refractivity contribution in [3.05, 3.63) is 47.6 Å². The summed E-state index contributed by atoms with van der Waals surface area (Å²) in [5.41, 5.74) is 1.50. The number of carbonyl (C=O) groups is 3. The largest absolute Gasteiger partial charge is 0.497 e. The van der Waals surface area contributed by atoms with Crippen molar-refractivity contribution in [2.24, 2.45) is 0 Å². The lowest BCUT2D eigenvalue weighted by molar-refractivity contribution is -0.147. The van der Waals surface area contributed by atoms with Gasteiger partial charge in [-0.1, -0.05) is 18.2 Å². The number of unbranched alkanes of at least 4 members (excludes halogenated alkanes) is 1. The number of amides is 2. The quantitative estimate of drug-likeness (QED) is 0.310. The van der Waals surface area contributed by atoms with Crippen molar-refractivity contribution >= 4 is 23.9 Å². The van der Waals surface area contributed by atoms with E-state index in [0.717, 1.165) is 11.3 Å². The van der Waals surface area contributed by atoms with Crippen molar-refractivity contribution in [1.29, 1.82) is 0 Å². The van der Waals surface area contributed by atoms with E-state index in [9.17, 15) is 14.4 Å². The van der Waals surface area contributed by atoms with Gasteiger partial charge in [0, 0.05) is 18.2 Å². The molecule has 0 spiro atoms. The summed E-state index contributed by atoms with van der Waals surface area (Å²) in [5, 5.41) is 5.52. The van der Waals surface area contributed by atoms with Gasteiger partial charge >= 0.3 is 5.97 Å². The van der Waals surface area contributed by atoms with Crippen molar-refractivity contribution < 1.29 is 23.9 Å². The third kappa shape index (κ3) is 9.41. The van der Waals surface area contributed by atoms with E-state index < -0.39 is 12.0 Å². The molecule has 1 aromatic carbocycles. The van der Waals surface area contributed by atoms with Crippen molar-refractivity contribution in [2.45, 2.75) is 46.1 Å². The zero-order valence-electron chi connectivity index (χ0n) is 18.2. The van der Waals surface area contributed by atoms with Crippen LogP contribution in [0.5, 0.6) is 5.75 Å². The highest BCUT2D eigenvalue weighted by atomic mass is 16.5. The molecule has 7 heteroatoms. The van der Waals surface area contributed by atoms with E-state index in [1.807, 2.05) is 19.1 Å². The topological polar surface area (TPSA) is 93.7 Å². The highest BCUT2D eigenvalue weighted by Crippen LogP contribution is 2.12. The maximum atomic E-state index is 12.3. The molecule has 0 saturated heterocycles. The Morgan fingerprint density at radius 2 is 1.83 bits per heavy atom. The molecule has 0 aliphatic rings. The second-order valence-corrected chi connectivity index (χ2v) is 6.64. The van der Waals surface area contributed by atoms with Crippen LogP contribution in [0.3, 0.4) is 0 Å². The van der Waals surface area contributed by atoms with Gasteiger partial charge in [-0.3, -0.25) is 9.59 Å². The molecular formula is C23H32N2O5. The van der Waals surface area contributed by atoms with Gasteiger partial charge in [0.15, 0.2) is 0 Å². The SMILES string of the molecule is C/C=C(\C)C(=O)NCCCC[C@H](NC(=O)/C=C/c1ccc(OC)cc1)C(=O)OCC. The number of nitrogens with one attached hydrogen (secondary N) is 2. The predicted octanol–water partition coefficient (Wildman–Crippen LogP) is 3.01. The minimum atomic E-state index is -0.731. The normalized spacial score (nSPS) is 12.3. The molecule has 1 aromatic rings. The Labute approximate surface area is 178 Å². The molecule has 0 aliphatic heterocycles. The van der Waals surface area contributed by atoms with Crippen LogP contribution in [0.4, 0.5) is 0 Å². The summed E-state index contributed by atoms with van der Waals surface area (Å²) in [4.78, 5) is 36.1. The van der Waals surface area contributed by atoms with Crippen molar-refractivity contribution in [2.75, 3.05) is 20.3 Å². The lowest BCUT2D eigenvalue weighted by Gasteiger charge is -2.16. The van der Waals surface area contributed by atoms with Gasteiger partial charge in [-0.25, -0.2) is 4.79 Å². The van der Waals surface area contributed by atoms with E-state index in [1.165, 1.54) is 6.08 Å². The third-order valence-corrected chi connectivity index (χ3v) is 4.43. The van der Waals surface area contributed by atoms with Crippen LogP contribution in [-0.4, -0.2) is 44.1 Å². The minimum Gasteiger partial charge on any atom is -0.497 e. The number of hydrogen-bond donors (Lipinski definition) is 2. The Morgan fingerprint density at radius 1 is 1.13 bits per heavy atom. The van der Waals surface area contributed by atoms with Crippen LogP contribution >= 0.6 is 0 Å². The van der Waals surface area contributed by atoms with E-state index in [-0.39, 0.29) is 18.4 Å². The molecule has 30 heavy (non-hydrogen) atoms. The second-order valence-electron chi connectivity index (χ2n) is 6.64. The molecule has 0 radical (unpaired) electrons. The Bertz CT molecular complexity index is 753. The second kappa shape index (κ2) is 14.0. The molecule has 0 heterocycles. The Morgan fingerprint density at radius 3 is 2.43 bits per heavy atom. The smallest absolute Gasteiger partial charge is 0.328 e. The molecular weight excluding hydrogens is 384 g/mol. The van der Waals surface area contributed by atoms with Gasteiger partial charge < -0.3 is 20.1 Å². The number of ether oxygens (including phenoxy) is 2. The molecule has 0 aromatic heterocycles. The van der Waals surface area contributed by atoms with Crippen LogP contribution in [0.1, 0.15) is 45.6 Å². The Hall–Kier alpha value is -3.09. The number of benzene rings is 1. The number of esters is 1. The molecule has 1 rings (SSSR count). The van der Waals surface area contributed by atoms with E-state index in [1.54, 1.807) is 45.2 Å². The fourth-order valence-corrected chi connectivity index (χ4v) is 2.54. The van der Waals surface area contributed by atoms with Gasteiger partial charge in [0.1, 0.15) is 11.8 Å². The van der Waals surface area contributed by atoms with Crippen LogP contribution in [0.15, 0.2) is 42.0 Å². The van der Waals surface area contributed by atoms with E-state index in [0.29, 0.717) is 31.4 Å². The van der Waals surface area contributed by atoms with E-state index in [4.69, 9.17) is 9.47 Å². The minimum absolute atomic E-state index is 0.101. The fourth-order valence-electron chi connectivity index (χ4n) is 2.54. The van der Waals surface area contributed by atoms with Crippen LogP contribution < -0.4 is 15.4 Å². The van der Waals surface area contributed by atoms with Crippen molar-refractivity contribution in [1.82, 2.24) is 10.6 Å². The van der Waals surface area contributed by atoms with Crippen LogP contribution in [0.2, 0.25) is 0 Å². The van der Waals surface area contributed by atoms with Gasteiger partial charge in [0.05, 0.1) is 13.7 Å². The van der Waals surface area contributed by atoms with Gasteiger partial charge in [-0.2, -0.15) is 0 Å². The monoisotopic (exact) mass is 416 g/mol. The summed E-state index contributed by atoms with van der Waals surface area (Å²) in [7, 11) is 1.59. The van der Waals surface area contributed by atoms with Crippen LogP contribution in [-0.2, 0) is 19.1 Å². The Kier molecular flexibility index (Phi) is 11.6. The van der Waals surface area contributed by atoms with Crippen molar-refractivity contribution in [3.8, 4) is 5.75 Å². The van der Waals surface area contributed by atoms with Gasteiger partial charge in [0.2, 0.25) is 11.8 Å². The summed E-state index contributed by atoms with van der Waals surface area (Å²) in [6.45, 7) is 6.03. The molecule has 2 amide bonds. The maximum Gasteiger partial charge on any atom is 0.328 e.